The monoisotopic (exact) mass is 606 g/mol. The average Bonchev–Trinajstić information content (AvgIpc) is 3.55. The summed E-state index contributed by atoms with van der Waals surface area (Å²) in [4.78, 5) is 36.5. The van der Waals surface area contributed by atoms with E-state index >= 15 is 0 Å². The quantitative estimate of drug-likeness (QED) is 0.180. The zero-order valence-corrected chi connectivity index (χ0v) is 26.3. The number of hydrogen-bond acceptors (Lipinski definition) is 8. The molecule has 11 heteroatoms. The molecule has 2 fully saturated rings. The average molecular weight is 607 g/mol. The summed E-state index contributed by atoms with van der Waals surface area (Å²) in [5, 5.41) is 18.7. The third kappa shape index (κ3) is 7.06. The summed E-state index contributed by atoms with van der Waals surface area (Å²) >= 11 is 0. The fourth-order valence-corrected chi connectivity index (χ4v) is 9.39. The van der Waals surface area contributed by atoms with Gasteiger partial charge in [0.15, 0.2) is 14.5 Å². The molecule has 2 unspecified atom stereocenters. The van der Waals surface area contributed by atoms with Gasteiger partial charge in [0.25, 0.3) is 0 Å². The molecule has 6 atom stereocenters. The zero-order valence-electron chi connectivity index (χ0n) is 25.3. The normalized spacial score (nSPS) is 24.6. The molecule has 2 saturated heterocycles. The minimum Gasteiger partial charge on any atom is -0.441 e. The number of rotatable bonds is 12. The van der Waals surface area contributed by atoms with Crippen LogP contribution in [0.4, 0.5) is 5.69 Å². The van der Waals surface area contributed by atoms with Crippen molar-refractivity contribution in [3.05, 3.63) is 77.6 Å². The van der Waals surface area contributed by atoms with Crippen LogP contribution in [0.15, 0.2) is 60.8 Å². The van der Waals surface area contributed by atoms with Crippen molar-refractivity contribution >= 4 is 25.9 Å². The second-order valence-electron chi connectivity index (χ2n) is 12.3. The van der Waals surface area contributed by atoms with Crippen molar-refractivity contribution in [2.75, 3.05) is 11.5 Å². The first-order valence-electron chi connectivity index (χ1n) is 15.1. The highest BCUT2D eigenvalue weighted by atomic mass is 28.4. The van der Waals surface area contributed by atoms with E-state index in [1.54, 1.807) is 4.68 Å². The summed E-state index contributed by atoms with van der Waals surface area (Å²) in [6.07, 6.45) is 3.66. The largest absolute Gasteiger partial charge is 0.441 e. The molecule has 43 heavy (non-hydrogen) atoms. The fraction of sp³-hybridized carbons (Fsp3) is 0.500. The van der Waals surface area contributed by atoms with Gasteiger partial charge in [0.2, 0.25) is 5.91 Å². The molecule has 3 aromatic rings. The summed E-state index contributed by atoms with van der Waals surface area (Å²) < 4.78 is 13.7. The highest BCUT2D eigenvalue weighted by Gasteiger charge is 2.49. The topological polar surface area (TPSA) is 127 Å². The van der Waals surface area contributed by atoms with Crippen LogP contribution in [0.2, 0.25) is 18.6 Å². The molecule has 2 aliphatic rings. The number of benzene rings is 2. The van der Waals surface area contributed by atoms with Crippen LogP contribution >= 0.6 is 0 Å². The fourth-order valence-electron chi connectivity index (χ4n) is 6.73. The van der Waals surface area contributed by atoms with E-state index in [0.29, 0.717) is 13.0 Å². The van der Waals surface area contributed by atoms with Crippen molar-refractivity contribution in [2.24, 2.45) is 5.92 Å². The number of esters is 1. The molecule has 1 amide bonds. The highest BCUT2D eigenvalue weighted by Crippen LogP contribution is 2.45. The van der Waals surface area contributed by atoms with Crippen molar-refractivity contribution in [2.45, 2.75) is 89.1 Å². The number of anilines is 1. The van der Waals surface area contributed by atoms with E-state index < -0.39 is 20.5 Å². The number of ether oxygens (including phenoxy) is 2. The molecule has 1 aromatic heterocycles. The third-order valence-corrected chi connectivity index (χ3v) is 11.3. The van der Waals surface area contributed by atoms with E-state index in [0.717, 1.165) is 35.3 Å². The van der Waals surface area contributed by atoms with Gasteiger partial charge in [-0.25, -0.2) is 0 Å². The van der Waals surface area contributed by atoms with Gasteiger partial charge in [0.05, 0.1) is 36.8 Å². The number of β-lactam (4-membered cyclic amide) rings is 1. The van der Waals surface area contributed by atoms with Crippen LogP contribution in [0.1, 0.15) is 55.8 Å². The first-order valence-corrected chi connectivity index (χ1v) is 18.1. The Hall–Kier alpha value is -3.38. The summed E-state index contributed by atoms with van der Waals surface area (Å²) in [6, 6.07) is 17.6. The Kier molecular flexibility index (Phi) is 9.45. The second-order valence-corrected chi connectivity index (χ2v) is 16.3. The van der Waals surface area contributed by atoms with Gasteiger partial charge in [-0.15, -0.1) is 5.10 Å². The van der Waals surface area contributed by atoms with Crippen LogP contribution < -0.4 is 4.90 Å². The highest BCUT2D eigenvalue weighted by molar-refractivity contribution is 6.71. The Morgan fingerprint density at radius 2 is 1.91 bits per heavy atom. The van der Waals surface area contributed by atoms with E-state index in [2.05, 4.69) is 17.2 Å². The molecule has 10 nitrogen and oxygen atoms in total. The summed E-state index contributed by atoms with van der Waals surface area (Å²) in [5.41, 5.74) is 3.59. The van der Waals surface area contributed by atoms with E-state index in [1.165, 1.54) is 11.8 Å². The van der Waals surface area contributed by atoms with Gasteiger partial charge in [0, 0.05) is 30.9 Å². The standard InChI is InChI=1S/C32H42N4O6Si/c1-21-28(14-13-23-9-8-12-25(17-23)36-30(39)18-31(36)41-22(2)38)42-29(32(21)43(3,4)40)15-16-35-19-27(33-34-35)26(20-37)24-10-6-5-7-11-24/h5-12,17,19,21,26,28-29,31-32,37,40H,13-16,18,20H2,1-4H3/t21-,26?,28+,29-,31?,32+/m1/s1. The molecule has 0 aliphatic carbocycles. The molecule has 2 aliphatic heterocycles. The van der Waals surface area contributed by atoms with Gasteiger partial charge in [-0.2, -0.15) is 0 Å². The number of aromatic nitrogens is 3. The Bertz CT molecular complexity index is 1410. The molecule has 0 radical (unpaired) electrons. The number of aliphatic hydroxyl groups is 1. The van der Waals surface area contributed by atoms with Crippen molar-refractivity contribution < 1.29 is 29.0 Å². The molecule has 0 bridgehead atoms. The molecule has 230 valence electrons. The maximum absolute atomic E-state index is 12.3. The lowest BCUT2D eigenvalue weighted by Gasteiger charge is -2.39. The van der Waals surface area contributed by atoms with E-state index in [-0.39, 0.29) is 48.5 Å². The van der Waals surface area contributed by atoms with Gasteiger partial charge < -0.3 is 19.4 Å². The number of aryl methyl sites for hydroxylation is 2. The summed E-state index contributed by atoms with van der Waals surface area (Å²) in [6.45, 7) is 8.04. The SMILES string of the molecule is CC(=O)OC1CC(=O)N1c1cccc(CC[C@@H]2O[C@H](CCn3cc(C(CO)c4ccccc4)nn3)[C@@H]([Si](C)(C)O)[C@@H]2C)c1. The minimum atomic E-state index is -2.54. The van der Waals surface area contributed by atoms with Crippen molar-refractivity contribution in [1.29, 1.82) is 0 Å². The minimum absolute atomic E-state index is 0.0137. The van der Waals surface area contributed by atoms with Gasteiger partial charge in [-0.05, 0) is 61.5 Å². The first kappa shape index (κ1) is 31.1. The second kappa shape index (κ2) is 13.1. The molecule has 3 heterocycles. The van der Waals surface area contributed by atoms with Crippen molar-refractivity contribution in [3.63, 3.8) is 0 Å². The Morgan fingerprint density at radius 3 is 2.58 bits per heavy atom. The number of nitrogens with zero attached hydrogens (tertiary/aromatic N) is 4. The number of aliphatic hydroxyl groups excluding tert-OH is 1. The molecule has 5 rings (SSSR count). The number of hydrogen-bond donors (Lipinski definition) is 2. The molecule has 0 spiro atoms. The predicted octanol–water partition coefficient (Wildman–Crippen LogP) is 4.02. The maximum atomic E-state index is 12.3. The summed E-state index contributed by atoms with van der Waals surface area (Å²) in [5.74, 6) is -0.517. The van der Waals surface area contributed by atoms with Gasteiger partial charge in [0.1, 0.15) is 0 Å². The lowest BCUT2D eigenvalue weighted by molar-refractivity contribution is -0.153. The number of carbonyl (C=O) groups is 2. The third-order valence-electron chi connectivity index (χ3n) is 8.77. The predicted molar refractivity (Wildman–Crippen MR) is 164 cm³/mol. The van der Waals surface area contributed by atoms with Crippen LogP contribution in [0, 0.1) is 5.92 Å². The van der Waals surface area contributed by atoms with Crippen molar-refractivity contribution in [3.8, 4) is 0 Å². The molecule has 2 N–H and O–H groups in total. The van der Waals surface area contributed by atoms with Gasteiger partial charge in [-0.3, -0.25) is 19.2 Å². The van der Waals surface area contributed by atoms with E-state index in [4.69, 9.17) is 9.47 Å². The molecule has 0 saturated carbocycles. The number of amides is 1. The van der Waals surface area contributed by atoms with E-state index in [9.17, 15) is 19.5 Å². The van der Waals surface area contributed by atoms with Gasteiger partial charge in [-0.1, -0.05) is 54.6 Å². The Morgan fingerprint density at radius 1 is 1.14 bits per heavy atom. The zero-order chi connectivity index (χ0) is 30.7. The van der Waals surface area contributed by atoms with Crippen LogP contribution in [0.5, 0.6) is 0 Å². The van der Waals surface area contributed by atoms with Gasteiger partial charge >= 0.3 is 5.97 Å². The van der Waals surface area contributed by atoms with E-state index in [1.807, 2.05) is 73.9 Å². The smallest absolute Gasteiger partial charge is 0.304 e. The lowest BCUT2D eigenvalue weighted by atomic mass is 9.95. The lowest BCUT2D eigenvalue weighted by Crippen LogP contribution is -2.54. The van der Waals surface area contributed by atoms with Crippen LogP contribution in [0.3, 0.4) is 0 Å². The van der Waals surface area contributed by atoms with Crippen molar-refractivity contribution in [1.82, 2.24) is 15.0 Å². The number of carbonyl (C=O) groups excluding carboxylic acids is 2. The van der Waals surface area contributed by atoms with Crippen LogP contribution in [-0.2, 0) is 32.0 Å². The Balaban J connectivity index is 1.22. The molecule has 2 aromatic carbocycles. The van der Waals surface area contributed by atoms with Crippen LogP contribution in [-0.4, -0.2) is 70.1 Å². The molecular formula is C32H42N4O6Si. The molecular weight excluding hydrogens is 564 g/mol. The summed E-state index contributed by atoms with van der Waals surface area (Å²) in [7, 11) is -2.54. The maximum Gasteiger partial charge on any atom is 0.304 e. The van der Waals surface area contributed by atoms with Crippen LogP contribution in [0.25, 0.3) is 0 Å². The first-order chi connectivity index (χ1) is 20.5. The Labute approximate surface area is 253 Å².